The van der Waals surface area contributed by atoms with Gasteiger partial charge in [-0.3, -0.25) is 0 Å². The van der Waals surface area contributed by atoms with E-state index in [1.165, 1.54) is 11.1 Å². The zero-order valence-electron chi connectivity index (χ0n) is 11.2. The van der Waals surface area contributed by atoms with Gasteiger partial charge in [0.1, 0.15) is 0 Å². The molecule has 108 valence electrons. The van der Waals surface area contributed by atoms with E-state index < -0.39 is 11.7 Å². The van der Waals surface area contributed by atoms with Gasteiger partial charge < -0.3 is 0 Å². The van der Waals surface area contributed by atoms with Crippen LogP contribution in [0.2, 0.25) is 0 Å². The second-order valence-corrected chi connectivity index (χ2v) is 5.86. The van der Waals surface area contributed by atoms with Crippen molar-refractivity contribution in [3.05, 3.63) is 70.8 Å². The maximum Gasteiger partial charge on any atom is 0.457 e. The Balaban J connectivity index is 1.86. The van der Waals surface area contributed by atoms with Crippen molar-refractivity contribution in [3.8, 4) is 0 Å². The highest BCUT2D eigenvalue weighted by Gasteiger charge is 2.53. The molecule has 0 radical (unpaired) electrons. The van der Waals surface area contributed by atoms with Gasteiger partial charge in [-0.2, -0.15) is 13.2 Å². The van der Waals surface area contributed by atoms with Crippen LogP contribution in [0.1, 0.15) is 34.6 Å². The SMILES string of the molecule is FC(F)(F)NCC12CC(c3ccccc31)c1ccccc12. The molecule has 21 heavy (non-hydrogen) atoms. The first kappa shape index (κ1) is 12.9. The summed E-state index contributed by atoms with van der Waals surface area (Å²) < 4.78 is 38.0. The third kappa shape index (κ3) is 1.75. The smallest absolute Gasteiger partial charge is 0.227 e. The highest BCUT2D eigenvalue weighted by atomic mass is 19.4. The third-order valence-electron chi connectivity index (χ3n) is 4.85. The van der Waals surface area contributed by atoms with Crippen LogP contribution < -0.4 is 5.32 Å². The van der Waals surface area contributed by atoms with Gasteiger partial charge in [-0.25, -0.2) is 5.32 Å². The van der Waals surface area contributed by atoms with Crippen LogP contribution in [-0.4, -0.2) is 12.8 Å². The second kappa shape index (κ2) is 4.10. The fraction of sp³-hybridized carbons (Fsp3) is 0.294. The molecule has 0 aliphatic heterocycles. The number of benzene rings is 2. The fourth-order valence-corrected chi connectivity index (χ4v) is 4.09. The molecule has 0 fully saturated rings. The summed E-state index contributed by atoms with van der Waals surface area (Å²) in [6.45, 7) is -0.0962. The molecular formula is C17H14F3N. The molecule has 1 nitrogen and oxygen atoms in total. The van der Waals surface area contributed by atoms with E-state index in [0.717, 1.165) is 17.5 Å². The average molecular weight is 289 g/mol. The van der Waals surface area contributed by atoms with Crippen molar-refractivity contribution in [2.24, 2.45) is 0 Å². The summed E-state index contributed by atoms with van der Waals surface area (Å²) in [6.07, 6.45) is -3.62. The summed E-state index contributed by atoms with van der Waals surface area (Å²) in [5, 5.41) is 1.76. The molecule has 0 unspecified atom stereocenters. The normalized spacial score (nSPS) is 25.8. The van der Waals surface area contributed by atoms with Crippen LogP contribution in [0.4, 0.5) is 13.2 Å². The first-order valence-corrected chi connectivity index (χ1v) is 7.02. The second-order valence-electron chi connectivity index (χ2n) is 5.86. The summed E-state index contributed by atoms with van der Waals surface area (Å²) in [6, 6.07) is 15.8. The molecule has 2 aromatic rings. The van der Waals surface area contributed by atoms with Gasteiger partial charge in [-0.15, -0.1) is 0 Å². The standard InChI is InChI=1S/C17H14F3N/c18-17(19,20)21-10-16-9-13(11-5-1-3-7-14(11)16)12-6-2-4-8-15(12)16/h1-8,13,21H,9-10H2. The molecule has 0 spiro atoms. The predicted octanol–water partition coefficient (Wildman–Crippen LogP) is 3.93. The first-order chi connectivity index (χ1) is 10.0. The van der Waals surface area contributed by atoms with Crippen molar-refractivity contribution in [1.29, 1.82) is 0 Å². The Kier molecular flexibility index (Phi) is 2.52. The molecule has 0 saturated heterocycles. The molecule has 0 saturated carbocycles. The van der Waals surface area contributed by atoms with Gasteiger partial charge in [-0.05, 0) is 28.7 Å². The van der Waals surface area contributed by atoms with Gasteiger partial charge in [-0.1, -0.05) is 48.5 Å². The number of fused-ring (bicyclic) bond motifs is 8. The van der Waals surface area contributed by atoms with Crippen molar-refractivity contribution in [3.63, 3.8) is 0 Å². The Morgan fingerprint density at radius 2 is 1.48 bits per heavy atom. The highest BCUT2D eigenvalue weighted by Crippen LogP contribution is 2.59. The van der Waals surface area contributed by atoms with Crippen molar-refractivity contribution in [1.82, 2.24) is 5.32 Å². The van der Waals surface area contributed by atoms with E-state index in [4.69, 9.17) is 0 Å². The number of nitrogens with one attached hydrogen (secondary N) is 1. The Bertz CT molecular complexity index is 658. The monoisotopic (exact) mass is 289 g/mol. The first-order valence-electron chi connectivity index (χ1n) is 7.02. The predicted molar refractivity (Wildman–Crippen MR) is 74.2 cm³/mol. The van der Waals surface area contributed by atoms with E-state index in [-0.39, 0.29) is 12.5 Å². The van der Waals surface area contributed by atoms with Crippen LogP contribution in [0, 0.1) is 0 Å². The van der Waals surface area contributed by atoms with Crippen molar-refractivity contribution in [2.45, 2.75) is 24.1 Å². The summed E-state index contributed by atoms with van der Waals surface area (Å²) in [7, 11) is 0. The van der Waals surface area contributed by atoms with Crippen LogP contribution in [-0.2, 0) is 5.41 Å². The van der Waals surface area contributed by atoms with Gasteiger partial charge in [0.05, 0.1) is 0 Å². The minimum absolute atomic E-state index is 0.0962. The maximum absolute atomic E-state index is 12.7. The topological polar surface area (TPSA) is 12.0 Å². The molecule has 2 aliphatic carbocycles. The molecule has 0 aromatic heterocycles. The van der Waals surface area contributed by atoms with E-state index in [0.29, 0.717) is 0 Å². The van der Waals surface area contributed by atoms with Crippen LogP contribution in [0.25, 0.3) is 0 Å². The molecule has 2 aliphatic rings. The maximum atomic E-state index is 12.7. The number of rotatable bonds is 2. The molecule has 4 rings (SSSR count). The molecule has 0 heterocycles. The van der Waals surface area contributed by atoms with E-state index in [1.54, 1.807) is 5.32 Å². The summed E-state index contributed by atoms with van der Waals surface area (Å²) in [5.41, 5.74) is 3.91. The zero-order chi connectivity index (χ0) is 14.7. The van der Waals surface area contributed by atoms with Gasteiger partial charge in [0.15, 0.2) is 0 Å². The third-order valence-corrected chi connectivity index (χ3v) is 4.85. The summed E-state index contributed by atoms with van der Waals surface area (Å²) in [4.78, 5) is 0. The fourth-order valence-electron chi connectivity index (χ4n) is 4.09. The lowest BCUT2D eigenvalue weighted by Crippen LogP contribution is -2.43. The van der Waals surface area contributed by atoms with Crippen molar-refractivity contribution < 1.29 is 13.2 Å². The van der Waals surface area contributed by atoms with Crippen molar-refractivity contribution in [2.75, 3.05) is 6.54 Å². The van der Waals surface area contributed by atoms with Crippen LogP contribution in [0.5, 0.6) is 0 Å². The van der Waals surface area contributed by atoms with E-state index >= 15 is 0 Å². The Morgan fingerprint density at radius 3 is 2.00 bits per heavy atom. The van der Waals surface area contributed by atoms with E-state index in [9.17, 15) is 13.2 Å². The molecule has 1 N–H and O–H groups in total. The number of hydrogen-bond donors (Lipinski definition) is 1. The van der Waals surface area contributed by atoms with Gasteiger partial charge in [0.25, 0.3) is 0 Å². The highest BCUT2D eigenvalue weighted by molar-refractivity contribution is 5.62. The van der Waals surface area contributed by atoms with Gasteiger partial charge in [0, 0.05) is 17.9 Å². The molecule has 0 amide bonds. The van der Waals surface area contributed by atoms with Crippen LogP contribution in [0.3, 0.4) is 0 Å². The molecule has 2 aromatic carbocycles. The number of hydrogen-bond acceptors (Lipinski definition) is 1. The van der Waals surface area contributed by atoms with Crippen molar-refractivity contribution >= 4 is 0 Å². The Morgan fingerprint density at radius 1 is 0.952 bits per heavy atom. The average Bonchev–Trinajstić information content (AvgIpc) is 2.98. The van der Waals surface area contributed by atoms with Gasteiger partial charge in [0.2, 0.25) is 0 Å². The van der Waals surface area contributed by atoms with Gasteiger partial charge >= 0.3 is 6.30 Å². The minimum Gasteiger partial charge on any atom is -0.227 e. The minimum atomic E-state index is -4.35. The molecule has 2 bridgehead atoms. The largest absolute Gasteiger partial charge is 0.457 e. The summed E-state index contributed by atoms with van der Waals surface area (Å²) >= 11 is 0. The summed E-state index contributed by atoms with van der Waals surface area (Å²) in [5.74, 6) is 0.229. The lowest BCUT2D eigenvalue weighted by atomic mass is 9.75. The Hall–Kier alpha value is -1.81. The lowest BCUT2D eigenvalue weighted by molar-refractivity contribution is -0.158. The number of halogens is 3. The molecule has 4 heteroatoms. The van der Waals surface area contributed by atoms with Crippen LogP contribution in [0.15, 0.2) is 48.5 Å². The van der Waals surface area contributed by atoms with E-state index in [2.05, 4.69) is 0 Å². The molecule has 0 atom stereocenters. The quantitative estimate of drug-likeness (QED) is 0.826. The molecular weight excluding hydrogens is 275 g/mol. The van der Waals surface area contributed by atoms with Crippen LogP contribution >= 0.6 is 0 Å². The zero-order valence-corrected chi connectivity index (χ0v) is 11.2. The lowest BCUT2D eigenvalue weighted by Gasteiger charge is -2.32. The van der Waals surface area contributed by atoms with E-state index in [1.807, 2.05) is 48.5 Å². The Labute approximate surface area is 120 Å². The number of alkyl halides is 3.